The Balaban J connectivity index is 1.99. The Kier molecular flexibility index (Phi) is 7.20. The van der Waals surface area contributed by atoms with Crippen molar-refractivity contribution < 1.29 is 13.2 Å². The Labute approximate surface area is 157 Å². The van der Waals surface area contributed by atoms with Crippen molar-refractivity contribution in [1.29, 1.82) is 0 Å². The topological polar surface area (TPSA) is 78.5 Å². The van der Waals surface area contributed by atoms with Gasteiger partial charge in [0.25, 0.3) is 5.91 Å². The van der Waals surface area contributed by atoms with E-state index in [1.807, 2.05) is 0 Å². The first-order chi connectivity index (χ1) is 12.2. The molecule has 2 N–H and O–H groups in total. The zero-order valence-electron chi connectivity index (χ0n) is 16.2. The average Bonchev–Trinajstić information content (AvgIpc) is 2.59. The second-order valence-corrected chi connectivity index (χ2v) is 9.32. The zero-order valence-corrected chi connectivity index (χ0v) is 17.0. The number of carbonyl (C=O) groups excluding carboxylic acids is 1. The summed E-state index contributed by atoms with van der Waals surface area (Å²) in [5.41, 5.74) is 0.369. The van der Waals surface area contributed by atoms with Crippen molar-refractivity contribution >= 4 is 15.9 Å². The number of nitrogens with one attached hydrogen (secondary N) is 2. The standard InChI is InChI=1S/C19H31N3O3S/c1-14(2)21-26(24,25)18-9-5-8-17(11-18)19(23)20-12-16-7-6-10-22(13-16)15(3)4/h5,8-9,11,14-16,21H,6-7,10,12-13H2,1-4H3,(H,20,23). The Morgan fingerprint density at radius 1 is 1.27 bits per heavy atom. The van der Waals surface area contributed by atoms with E-state index in [0.29, 0.717) is 24.1 Å². The van der Waals surface area contributed by atoms with Gasteiger partial charge in [0.15, 0.2) is 0 Å². The summed E-state index contributed by atoms with van der Waals surface area (Å²) >= 11 is 0. The minimum absolute atomic E-state index is 0.113. The predicted molar refractivity (Wildman–Crippen MR) is 104 cm³/mol. The quantitative estimate of drug-likeness (QED) is 0.759. The van der Waals surface area contributed by atoms with E-state index in [-0.39, 0.29) is 16.8 Å². The van der Waals surface area contributed by atoms with E-state index in [1.165, 1.54) is 12.1 Å². The summed E-state index contributed by atoms with van der Waals surface area (Å²) in [6, 6.07) is 6.50. The summed E-state index contributed by atoms with van der Waals surface area (Å²) < 4.78 is 27.1. The molecule has 0 spiro atoms. The third-order valence-corrected chi connectivity index (χ3v) is 6.29. The molecule has 0 aromatic heterocycles. The molecule has 1 atom stereocenters. The molecule has 1 aliphatic heterocycles. The first kappa shape index (κ1) is 20.9. The summed E-state index contributed by atoms with van der Waals surface area (Å²) in [4.78, 5) is 15.0. The number of hydrogen-bond acceptors (Lipinski definition) is 4. The van der Waals surface area contributed by atoms with Gasteiger partial charge in [0.2, 0.25) is 10.0 Å². The van der Waals surface area contributed by atoms with E-state index < -0.39 is 10.0 Å². The Bertz CT molecular complexity index is 716. The van der Waals surface area contributed by atoms with Gasteiger partial charge in [0.1, 0.15) is 0 Å². The Morgan fingerprint density at radius 2 is 2.00 bits per heavy atom. The lowest BCUT2D eigenvalue weighted by molar-refractivity contribution is 0.0922. The van der Waals surface area contributed by atoms with Crippen molar-refractivity contribution in [3.05, 3.63) is 29.8 Å². The number of benzene rings is 1. The molecule has 6 nitrogen and oxygen atoms in total. The maximum atomic E-state index is 12.5. The van der Waals surface area contributed by atoms with E-state index in [4.69, 9.17) is 0 Å². The number of amides is 1. The summed E-state index contributed by atoms with van der Waals surface area (Å²) in [6.45, 7) is 10.6. The highest BCUT2D eigenvalue weighted by molar-refractivity contribution is 7.89. The molecular weight excluding hydrogens is 350 g/mol. The molecule has 1 saturated heterocycles. The van der Waals surface area contributed by atoms with Gasteiger partial charge in [-0.1, -0.05) is 6.07 Å². The van der Waals surface area contributed by atoms with Crippen LogP contribution in [0.5, 0.6) is 0 Å². The van der Waals surface area contributed by atoms with Gasteiger partial charge in [-0.3, -0.25) is 4.79 Å². The lowest BCUT2D eigenvalue weighted by atomic mass is 9.97. The van der Waals surface area contributed by atoms with Gasteiger partial charge in [-0.15, -0.1) is 0 Å². The highest BCUT2D eigenvalue weighted by Crippen LogP contribution is 2.18. The Morgan fingerprint density at radius 3 is 2.65 bits per heavy atom. The van der Waals surface area contributed by atoms with Crippen molar-refractivity contribution in [3.8, 4) is 0 Å². The predicted octanol–water partition coefficient (Wildman–Crippen LogP) is 2.22. The van der Waals surface area contributed by atoms with Gasteiger partial charge in [-0.2, -0.15) is 0 Å². The van der Waals surface area contributed by atoms with E-state index in [0.717, 1.165) is 25.9 Å². The van der Waals surface area contributed by atoms with Crippen LogP contribution >= 0.6 is 0 Å². The van der Waals surface area contributed by atoms with Gasteiger partial charge >= 0.3 is 0 Å². The molecule has 0 radical (unpaired) electrons. The van der Waals surface area contributed by atoms with Crippen LogP contribution < -0.4 is 10.0 Å². The van der Waals surface area contributed by atoms with Gasteiger partial charge in [0.05, 0.1) is 4.90 Å². The minimum Gasteiger partial charge on any atom is -0.352 e. The van der Waals surface area contributed by atoms with Crippen LogP contribution in [0.4, 0.5) is 0 Å². The first-order valence-electron chi connectivity index (χ1n) is 9.33. The van der Waals surface area contributed by atoms with Crippen LogP contribution in [-0.2, 0) is 10.0 Å². The highest BCUT2D eigenvalue weighted by Gasteiger charge is 2.22. The van der Waals surface area contributed by atoms with Gasteiger partial charge in [-0.25, -0.2) is 13.1 Å². The molecule has 7 heteroatoms. The third kappa shape index (κ3) is 5.79. The molecule has 1 unspecified atom stereocenters. The van der Waals surface area contributed by atoms with Gasteiger partial charge in [-0.05, 0) is 71.2 Å². The second-order valence-electron chi connectivity index (χ2n) is 7.61. The molecule has 146 valence electrons. The summed E-state index contributed by atoms with van der Waals surface area (Å²) in [5, 5.41) is 2.97. The monoisotopic (exact) mass is 381 g/mol. The van der Waals surface area contributed by atoms with E-state index in [2.05, 4.69) is 28.8 Å². The fourth-order valence-corrected chi connectivity index (χ4v) is 4.55. The van der Waals surface area contributed by atoms with Crippen LogP contribution in [0.25, 0.3) is 0 Å². The summed E-state index contributed by atoms with van der Waals surface area (Å²) in [6.07, 6.45) is 2.25. The molecular formula is C19H31N3O3S. The number of sulfonamides is 1. The van der Waals surface area contributed by atoms with Crippen molar-refractivity contribution in [2.45, 2.75) is 57.5 Å². The Hall–Kier alpha value is -1.44. The van der Waals surface area contributed by atoms with Crippen LogP contribution in [0.1, 0.15) is 50.9 Å². The van der Waals surface area contributed by atoms with Crippen molar-refractivity contribution in [1.82, 2.24) is 14.9 Å². The molecule has 0 aliphatic carbocycles. The molecule has 0 bridgehead atoms. The lowest BCUT2D eigenvalue weighted by Gasteiger charge is -2.35. The average molecular weight is 382 g/mol. The minimum atomic E-state index is -3.60. The number of likely N-dealkylation sites (tertiary alicyclic amines) is 1. The van der Waals surface area contributed by atoms with Crippen molar-refractivity contribution in [3.63, 3.8) is 0 Å². The molecule has 1 aliphatic rings. The molecule has 26 heavy (non-hydrogen) atoms. The van der Waals surface area contributed by atoms with Gasteiger partial charge in [0, 0.05) is 30.7 Å². The molecule has 2 rings (SSSR count). The number of hydrogen-bond donors (Lipinski definition) is 2. The third-order valence-electron chi connectivity index (χ3n) is 4.63. The van der Waals surface area contributed by atoms with Crippen LogP contribution in [-0.4, -0.2) is 50.9 Å². The summed E-state index contributed by atoms with van der Waals surface area (Å²) in [7, 11) is -3.60. The first-order valence-corrected chi connectivity index (χ1v) is 10.8. The highest BCUT2D eigenvalue weighted by atomic mass is 32.2. The zero-order chi connectivity index (χ0) is 19.3. The maximum absolute atomic E-state index is 12.5. The molecule has 1 fully saturated rings. The fraction of sp³-hybridized carbons (Fsp3) is 0.632. The lowest BCUT2D eigenvalue weighted by Crippen LogP contribution is -2.43. The SMILES string of the molecule is CC(C)NS(=O)(=O)c1cccc(C(=O)NCC2CCCN(C(C)C)C2)c1. The van der Waals surface area contributed by atoms with E-state index in [9.17, 15) is 13.2 Å². The van der Waals surface area contributed by atoms with E-state index in [1.54, 1.807) is 26.0 Å². The maximum Gasteiger partial charge on any atom is 0.251 e. The largest absolute Gasteiger partial charge is 0.352 e. The van der Waals surface area contributed by atoms with Crippen LogP contribution in [0, 0.1) is 5.92 Å². The van der Waals surface area contributed by atoms with Crippen molar-refractivity contribution in [2.75, 3.05) is 19.6 Å². The van der Waals surface area contributed by atoms with Crippen molar-refractivity contribution in [2.24, 2.45) is 5.92 Å². The number of rotatable bonds is 7. The van der Waals surface area contributed by atoms with Crippen LogP contribution in [0.3, 0.4) is 0 Å². The van der Waals surface area contributed by atoms with E-state index >= 15 is 0 Å². The molecule has 1 aromatic carbocycles. The number of carbonyl (C=O) groups is 1. The molecule has 1 aromatic rings. The molecule has 0 saturated carbocycles. The second kappa shape index (κ2) is 8.97. The van der Waals surface area contributed by atoms with Crippen LogP contribution in [0.15, 0.2) is 29.2 Å². The smallest absolute Gasteiger partial charge is 0.251 e. The fourth-order valence-electron chi connectivity index (χ4n) is 3.25. The normalized spacial score (nSPS) is 19.1. The van der Waals surface area contributed by atoms with Gasteiger partial charge < -0.3 is 10.2 Å². The molecule has 1 heterocycles. The number of nitrogens with zero attached hydrogens (tertiary/aromatic N) is 1. The number of piperidine rings is 1. The van der Waals surface area contributed by atoms with Crippen LogP contribution in [0.2, 0.25) is 0 Å². The molecule has 1 amide bonds. The summed E-state index contributed by atoms with van der Waals surface area (Å²) in [5.74, 6) is 0.206.